The lowest BCUT2D eigenvalue weighted by atomic mass is 10.1. The number of ether oxygens (including phenoxy) is 2. The Kier molecular flexibility index (Phi) is 4.58. The maximum Gasteiger partial charge on any atom is 0.133 e. The fourth-order valence-electron chi connectivity index (χ4n) is 3.72. The number of hydrogen-bond donors (Lipinski definition) is 1. The molecule has 2 aliphatic heterocycles. The summed E-state index contributed by atoms with van der Waals surface area (Å²) in [5.41, 5.74) is 2.82. The molecule has 0 amide bonds. The molecule has 2 aromatic rings. The Morgan fingerprint density at radius 2 is 2.33 bits per heavy atom. The monoisotopic (exact) mass is 365 g/mol. The average Bonchev–Trinajstić information content (AvgIpc) is 3.36. The van der Waals surface area contributed by atoms with E-state index in [2.05, 4.69) is 31.0 Å². The lowest BCUT2D eigenvalue weighted by Crippen LogP contribution is -2.37. The van der Waals surface area contributed by atoms with Gasteiger partial charge in [0.1, 0.15) is 23.5 Å². The summed E-state index contributed by atoms with van der Waals surface area (Å²) >= 11 is 0. The second-order valence-corrected chi connectivity index (χ2v) is 7.19. The minimum atomic E-state index is 0.0874. The van der Waals surface area contributed by atoms with Crippen LogP contribution in [0, 0.1) is 12.3 Å². The van der Waals surface area contributed by atoms with Crippen LogP contribution in [0.1, 0.15) is 38.4 Å². The van der Waals surface area contributed by atoms with Gasteiger partial charge in [-0.1, -0.05) is 5.92 Å². The minimum Gasteiger partial charge on any atom is -0.496 e. The molecule has 2 saturated heterocycles. The lowest BCUT2D eigenvalue weighted by Gasteiger charge is -2.27. The molecule has 4 heterocycles. The number of hydrogen-bond acceptors (Lipinski definition) is 6. The van der Waals surface area contributed by atoms with E-state index in [4.69, 9.17) is 15.9 Å². The van der Waals surface area contributed by atoms with E-state index < -0.39 is 0 Å². The summed E-state index contributed by atoms with van der Waals surface area (Å²) in [6, 6.07) is 2.35. The quantitative estimate of drug-likeness (QED) is 0.648. The predicted molar refractivity (Wildman–Crippen MR) is 103 cm³/mol. The first-order chi connectivity index (χ1) is 13.0. The molecule has 2 aliphatic rings. The average molecular weight is 365 g/mol. The Bertz CT molecular complexity index is 911. The molecule has 27 heavy (non-hydrogen) atoms. The summed E-state index contributed by atoms with van der Waals surface area (Å²) in [6.07, 6.45) is 10.6. The van der Waals surface area contributed by atoms with Gasteiger partial charge in [0.05, 0.1) is 36.3 Å². The van der Waals surface area contributed by atoms with Crippen LogP contribution in [0.25, 0.3) is 17.5 Å². The number of fused-ring (bicyclic) bond motifs is 2. The molecule has 140 valence electrons. The molecule has 0 aromatic carbocycles. The molecule has 1 N–H and O–H groups in total. The second kappa shape index (κ2) is 7.05. The van der Waals surface area contributed by atoms with Crippen LogP contribution in [-0.4, -0.2) is 51.6 Å². The highest BCUT2D eigenvalue weighted by atomic mass is 16.5. The maximum atomic E-state index is 5.75. The second-order valence-electron chi connectivity index (χ2n) is 7.19. The Hall–Kier alpha value is -2.85. The van der Waals surface area contributed by atoms with Gasteiger partial charge in [0.15, 0.2) is 0 Å². The Morgan fingerprint density at radius 1 is 1.48 bits per heavy atom. The van der Waals surface area contributed by atoms with Gasteiger partial charge in [0.2, 0.25) is 0 Å². The number of rotatable bonds is 5. The van der Waals surface area contributed by atoms with Crippen LogP contribution in [-0.2, 0) is 9.47 Å². The standard InChI is InChI=1S/C20H23N5O2/c1-5-17-16(6-13(4)27-12(2)3)20(24-23-17)18-8-19(22-11-21-18)25-9-15-7-14(25)10-26-15/h1,6,8,11-12,14-15H,7,9-10H2,2-4H3,(H,23,24)/b13-6+. The smallest absolute Gasteiger partial charge is 0.133 e. The van der Waals surface area contributed by atoms with Crippen molar-refractivity contribution >= 4 is 11.9 Å². The van der Waals surface area contributed by atoms with Crippen molar-refractivity contribution < 1.29 is 9.47 Å². The van der Waals surface area contributed by atoms with E-state index in [1.54, 1.807) is 6.33 Å². The number of aromatic amines is 1. The number of aromatic nitrogens is 4. The molecular weight excluding hydrogens is 342 g/mol. The zero-order valence-corrected chi connectivity index (χ0v) is 15.8. The summed E-state index contributed by atoms with van der Waals surface area (Å²) in [6.45, 7) is 7.50. The van der Waals surface area contributed by atoms with Crippen molar-refractivity contribution in [1.29, 1.82) is 0 Å². The number of nitrogens with zero attached hydrogens (tertiary/aromatic N) is 4. The Balaban J connectivity index is 1.69. The van der Waals surface area contributed by atoms with Crippen LogP contribution in [0.15, 0.2) is 18.2 Å². The van der Waals surface area contributed by atoms with E-state index in [0.29, 0.717) is 23.5 Å². The molecule has 2 aromatic heterocycles. The zero-order chi connectivity index (χ0) is 19.0. The fraction of sp³-hybridized carbons (Fsp3) is 0.450. The molecule has 7 nitrogen and oxygen atoms in total. The van der Waals surface area contributed by atoms with Crippen molar-refractivity contribution in [2.45, 2.75) is 45.4 Å². The SMILES string of the molecule is C#Cc1[nH]nc(-c2cc(N3CC4CC3CO4)ncn2)c1/C=C(\C)OC(C)C. The van der Waals surface area contributed by atoms with Gasteiger partial charge in [-0.15, -0.1) is 6.42 Å². The molecule has 7 heteroatoms. The Morgan fingerprint density at radius 3 is 3.00 bits per heavy atom. The first kappa shape index (κ1) is 17.6. The number of morpholine rings is 1. The highest BCUT2D eigenvalue weighted by molar-refractivity contribution is 5.75. The van der Waals surface area contributed by atoms with E-state index in [0.717, 1.165) is 42.4 Å². The normalized spacial score (nSPS) is 21.7. The summed E-state index contributed by atoms with van der Waals surface area (Å²) in [5.74, 6) is 4.31. The van der Waals surface area contributed by atoms with Gasteiger partial charge in [-0.3, -0.25) is 5.10 Å². The van der Waals surface area contributed by atoms with Gasteiger partial charge < -0.3 is 14.4 Å². The van der Waals surface area contributed by atoms with Crippen LogP contribution in [0.4, 0.5) is 5.82 Å². The largest absolute Gasteiger partial charge is 0.496 e. The van der Waals surface area contributed by atoms with Crippen LogP contribution in [0.2, 0.25) is 0 Å². The summed E-state index contributed by atoms with van der Waals surface area (Å²) < 4.78 is 11.4. The fourth-order valence-corrected chi connectivity index (χ4v) is 3.72. The lowest BCUT2D eigenvalue weighted by molar-refractivity contribution is 0.0989. The first-order valence-corrected chi connectivity index (χ1v) is 9.15. The van der Waals surface area contributed by atoms with Gasteiger partial charge in [-0.2, -0.15) is 5.10 Å². The molecular formula is C20H23N5O2. The molecule has 0 aliphatic carbocycles. The number of nitrogens with one attached hydrogen (secondary N) is 1. The third-order valence-electron chi connectivity index (χ3n) is 4.81. The van der Waals surface area contributed by atoms with Crippen LogP contribution in [0.3, 0.4) is 0 Å². The van der Waals surface area contributed by atoms with Gasteiger partial charge in [0, 0.05) is 18.2 Å². The summed E-state index contributed by atoms with van der Waals surface area (Å²) in [4.78, 5) is 11.2. The van der Waals surface area contributed by atoms with Crippen molar-refractivity contribution in [3.63, 3.8) is 0 Å². The van der Waals surface area contributed by atoms with Gasteiger partial charge in [-0.05, 0) is 33.3 Å². The van der Waals surface area contributed by atoms with E-state index >= 15 is 0 Å². The molecule has 2 bridgehead atoms. The first-order valence-electron chi connectivity index (χ1n) is 9.15. The third-order valence-corrected chi connectivity index (χ3v) is 4.81. The number of H-pyrrole nitrogens is 1. The molecule has 4 rings (SSSR count). The van der Waals surface area contributed by atoms with Crippen molar-refractivity contribution in [2.75, 3.05) is 18.1 Å². The molecule has 2 atom stereocenters. The number of anilines is 1. The van der Waals surface area contributed by atoms with Crippen LogP contribution >= 0.6 is 0 Å². The van der Waals surface area contributed by atoms with Gasteiger partial charge in [-0.25, -0.2) is 9.97 Å². The van der Waals surface area contributed by atoms with Gasteiger partial charge in [0.25, 0.3) is 0 Å². The van der Waals surface area contributed by atoms with Crippen molar-refractivity contribution in [3.05, 3.63) is 29.4 Å². The number of terminal acetylenes is 1. The van der Waals surface area contributed by atoms with Crippen LogP contribution < -0.4 is 4.90 Å². The van der Waals surface area contributed by atoms with Gasteiger partial charge >= 0.3 is 0 Å². The highest BCUT2D eigenvalue weighted by Crippen LogP contribution is 2.33. The minimum absolute atomic E-state index is 0.0874. The maximum absolute atomic E-state index is 5.75. The van der Waals surface area contributed by atoms with E-state index in [-0.39, 0.29) is 6.10 Å². The van der Waals surface area contributed by atoms with E-state index in [9.17, 15) is 0 Å². The van der Waals surface area contributed by atoms with Crippen molar-refractivity contribution in [3.8, 4) is 23.7 Å². The summed E-state index contributed by atoms with van der Waals surface area (Å²) in [5, 5.41) is 7.32. The zero-order valence-electron chi connectivity index (χ0n) is 15.8. The third kappa shape index (κ3) is 3.40. The van der Waals surface area contributed by atoms with Crippen molar-refractivity contribution in [2.24, 2.45) is 0 Å². The van der Waals surface area contributed by atoms with Crippen molar-refractivity contribution in [1.82, 2.24) is 20.2 Å². The molecule has 0 spiro atoms. The Labute approximate surface area is 158 Å². The molecule has 0 radical (unpaired) electrons. The van der Waals surface area contributed by atoms with E-state index in [1.807, 2.05) is 32.9 Å². The summed E-state index contributed by atoms with van der Waals surface area (Å²) in [7, 11) is 0. The topological polar surface area (TPSA) is 76.2 Å². The van der Waals surface area contributed by atoms with E-state index in [1.165, 1.54) is 0 Å². The highest BCUT2D eigenvalue weighted by Gasteiger charge is 2.39. The van der Waals surface area contributed by atoms with Crippen LogP contribution in [0.5, 0.6) is 0 Å². The predicted octanol–water partition coefficient (Wildman–Crippen LogP) is 2.61. The molecule has 2 fully saturated rings. The molecule has 0 saturated carbocycles. The molecule has 2 unspecified atom stereocenters. The number of allylic oxidation sites excluding steroid dienone is 1.